The van der Waals surface area contributed by atoms with Crippen LogP contribution >= 0.6 is 0 Å². The zero-order valence-electron chi connectivity index (χ0n) is 15.2. The molecule has 0 saturated carbocycles. The van der Waals surface area contributed by atoms with Gasteiger partial charge in [-0.05, 0) is 37.3 Å². The molecule has 4 rings (SSSR count). The maximum Gasteiger partial charge on any atom is 0.264 e. The van der Waals surface area contributed by atoms with Crippen molar-refractivity contribution in [3.8, 4) is 0 Å². The Balaban J connectivity index is 1.25. The number of nitrogens with zero attached hydrogens (tertiary/aromatic N) is 2. The van der Waals surface area contributed by atoms with Crippen LogP contribution in [0.5, 0.6) is 0 Å². The third kappa shape index (κ3) is 3.53. The van der Waals surface area contributed by atoms with Gasteiger partial charge in [0.25, 0.3) is 5.56 Å². The molecule has 144 valence electrons. The number of rotatable bonds is 4. The fourth-order valence-electron chi connectivity index (χ4n) is 4.42. The van der Waals surface area contributed by atoms with Crippen LogP contribution < -0.4 is 10.9 Å². The zero-order chi connectivity index (χ0) is 19.0. The van der Waals surface area contributed by atoms with Gasteiger partial charge in [-0.3, -0.25) is 14.4 Å². The summed E-state index contributed by atoms with van der Waals surface area (Å²) in [5, 5.41) is 9.50. The van der Waals surface area contributed by atoms with E-state index in [1.54, 1.807) is 11.0 Å². The molecular formula is C19H24N4O4. The van der Waals surface area contributed by atoms with Crippen LogP contribution in [0.15, 0.2) is 23.5 Å². The van der Waals surface area contributed by atoms with Crippen LogP contribution in [0, 0.1) is 11.3 Å². The van der Waals surface area contributed by atoms with E-state index in [-0.39, 0.29) is 34.8 Å². The van der Waals surface area contributed by atoms with Crippen molar-refractivity contribution in [1.29, 1.82) is 0 Å². The molecule has 3 heterocycles. The van der Waals surface area contributed by atoms with Gasteiger partial charge in [0.2, 0.25) is 11.8 Å². The van der Waals surface area contributed by atoms with Crippen LogP contribution in [0.25, 0.3) is 0 Å². The number of nitrogens with one attached hydrogen (secondary N) is 2. The molecule has 2 aliphatic heterocycles. The van der Waals surface area contributed by atoms with Gasteiger partial charge in [-0.15, -0.1) is 0 Å². The molecule has 2 unspecified atom stereocenters. The van der Waals surface area contributed by atoms with E-state index >= 15 is 0 Å². The summed E-state index contributed by atoms with van der Waals surface area (Å²) in [6.45, 7) is 6.01. The second kappa shape index (κ2) is 6.92. The molecule has 2 N–H and O–H groups in total. The topological polar surface area (TPSA) is 104 Å². The number of hydrogen-bond acceptors (Lipinski definition) is 5. The number of H-pyrrole nitrogens is 1. The van der Waals surface area contributed by atoms with Gasteiger partial charge in [0.15, 0.2) is 0 Å². The lowest BCUT2D eigenvalue weighted by molar-refractivity contribution is -0.137. The van der Waals surface area contributed by atoms with Gasteiger partial charge in [-0.25, -0.2) is 5.10 Å². The Bertz CT molecular complexity index is 827. The fourth-order valence-corrected chi connectivity index (χ4v) is 4.42. The molecule has 0 aromatic carbocycles. The van der Waals surface area contributed by atoms with Crippen molar-refractivity contribution in [1.82, 2.24) is 20.4 Å². The summed E-state index contributed by atoms with van der Waals surface area (Å²) in [7, 11) is 0. The van der Waals surface area contributed by atoms with Gasteiger partial charge in [0.05, 0.1) is 18.4 Å². The van der Waals surface area contributed by atoms with Gasteiger partial charge in [-0.1, -0.05) is 6.58 Å². The summed E-state index contributed by atoms with van der Waals surface area (Å²) < 4.78 is 5.85. The summed E-state index contributed by atoms with van der Waals surface area (Å²) in [5.41, 5.74) is 1.54. The Kier molecular flexibility index (Phi) is 4.59. The molecule has 3 aliphatic rings. The number of aromatic nitrogens is 2. The van der Waals surface area contributed by atoms with Crippen molar-refractivity contribution >= 4 is 11.8 Å². The van der Waals surface area contributed by atoms with Crippen LogP contribution in [-0.2, 0) is 27.2 Å². The highest BCUT2D eigenvalue weighted by molar-refractivity contribution is 5.87. The normalized spacial score (nSPS) is 25.6. The number of likely N-dealkylation sites (tertiary alicyclic amines) is 1. The zero-order valence-corrected chi connectivity index (χ0v) is 15.2. The van der Waals surface area contributed by atoms with Crippen LogP contribution in [0.2, 0.25) is 0 Å². The average molecular weight is 372 g/mol. The lowest BCUT2D eigenvalue weighted by atomic mass is 9.77. The van der Waals surface area contributed by atoms with E-state index < -0.39 is 0 Å². The standard InChI is InChI=1S/C19H24N4O4/c1-2-17(25)23-9-19(10-23)7-14(27-11-19)8-20-18(26)12-3-4-15-13(5-12)6-16(24)22-21-15/h2,6,12,14H,1,3-5,7-11H2,(H,20,26)(H,22,24). The summed E-state index contributed by atoms with van der Waals surface area (Å²) in [5.74, 6) is -0.174. The quantitative estimate of drug-likeness (QED) is 0.712. The molecular weight excluding hydrogens is 348 g/mol. The minimum absolute atomic E-state index is 0.00236. The third-order valence-corrected chi connectivity index (χ3v) is 5.87. The first-order chi connectivity index (χ1) is 13.0. The number of aromatic amines is 1. The molecule has 2 atom stereocenters. The van der Waals surface area contributed by atoms with Crippen molar-refractivity contribution in [2.24, 2.45) is 11.3 Å². The van der Waals surface area contributed by atoms with Crippen LogP contribution in [0.1, 0.15) is 24.1 Å². The highest BCUT2D eigenvalue weighted by atomic mass is 16.5. The first-order valence-corrected chi connectivity index (χ1v) is 9.36. The van der Waals surface area contributed by atoms with E-state index in [2.05, 4.69) is 22.1 Å². The predicted octanol–water partition coefficient (Wildman–Crippen LogP) is -0.205. The molecule has 27 heavy (non-hydrogen) atoms. The summed E-state index contributed by atoms with van der Waals surface area (Å²) >= 11 is 0. The van der Waals surface area contributed by atoms with E-state index in [0.29, 0.717) is 39.1 Å². The largest absolute Gasteiger partial charge is 0.376 e. The van der Waals surface area contributed by atoms with Gasteiger partial charge in [0.1, 0.15) is 0 Å². The number of hydrogen-bond donors (Lipinski definition) is 2. The number of ether oxygens (including phenoxy) is 1. The van der Waals surface area contributed by atoms with Gasteiger partial charge < -0.3 is 15.0 Å². The summed E-state index contributed by atoms with van der Waals surface area (Å²) in [6.07, 6.45) is 4.14. The van der Waals surface area contributed by atoms with Gasteiger partial charge >= 0.3 is 0 Å². The Hall–Kier alpha value is -2.48. The minimum atomic E-state index is -0.232. The number of carbonyl (C=O) groups excluding carboxylic acids is 2. The maximum atomic E-state index is 12.5. The van der Waals surface area contributed by atoms with Crippen LogP contribution in [0.3, 0.4) is 0 Å². The second-order valence-corrected chi connectivity index (χ2v) is 7.92. The SMILES string of the molecule is C=CC(=O)N1CC2(COC(CNC(=O)C3CCc4n[nH]c(=O)cc4C3)C2)C1. The minimum Gasteiger partial charge on any atom is -0.376 e. The molecule has 1 aromatic rings. The Morgan fingerprint density at radius 2 is 2.30 bits per heavy atom. The molecule has 0 radical (unpaired) electrons. The third-order valence-electron chi connectivity index (χ3n) is 5.87. The van der Waals surface area contributed by atoms with E-state index in [1.807, 2.05) is 0 Å². The lowest BCUT2D eigenvalue weighted by Crippen LogP contribution is -2.58. The molecule has 1 aliphatic carbocycles. The molecule has 8 heteroatoms. The van der Waals surface area contributed by atoms with E-state index in [0.717, 1.165) is 24.1 Å². The Morgan fingerprint density at radius 1 is 1.48 bits per heavy atom. The smallest absolute Gasteiger partial charge is 0.264 e. The van der Waals surface area contributed by atoms with Crippen molar-refractivity contribution < 1.29 is 14.3 Å². The Morgan fingerprint density at radius 3 is 3.07 bits per heavy atom. The second-order valence-electron chi connectivity index (χ2n) is 7.92. The molecule has 1 spiro atoms. The van der Waals surface area contributed by atoms with Crippen molar-refractivity contribution in [2.45, 2.75) is 31.8 Å². The number of amides is 2. The highest BCUT2D eigenvalue weighted by Crippen LogP contribution is 2.41. The van der Waals surface area contributed by atoms with Gasteiger partial charge in [-0.2, -0.15) is 5.10 Å². The summed E-state index contributed by atoms with van der Waals surface area (Å²) in [6, 6.07) is 1.54. The number of carbonyl (C=O) groups is 2. The fraction of sp³-hybridized carbons (Fsp3) is 0.579. The summed E-state index contributed by atoms with van der Waals surface area (Å²) in [4.78, 5) is 37.3. The lowest BCUT2D eigenvalue weighted by Gasteiger charge is -2.46. The van der Waals surface area contributed by atoms with Crippen molar-refractivity contribution in [3.05, 3.63) is 40.3 Å². The molecule has 2 saturated heterocycles. The highest BCUT2D eigenvalue weighted by Gasteiger charge is 2.50. The number of aryl methyl sites for hydroxylation is 1. The van der Waals surface area contributed by atoms with Crippen LogP contribution in [0.4, 0.5) is 0 Å². The maximum absolute atomic E-state index is 12.5. The Labute approximate surface area is 157 Å². The monoisotopic (exact) mass is 372 g/mol. The first kappa shape index (κ1) is 17.9. The van der Waals surface area contributed by atoms with E-state index in [4.69, 9.17) is 4.74 Å². The molecule has 2 amide bonds. The van der Waals surface area contributed by atoms with Crippen molar-refractivity contribution in [2.75, 3.05) is 26.2 Å². The van der Waals surface area contributed by atoms with Gasteiger partial charge in [0, 0.05) is 37.0 Å². The average Bonchev–Trinajstić information content (AvgIpc) is 3.08. The van der Waals surface area contributed by atoms with E-state index in [1.165, 1.54) is 6.08 Å². The molecule has 8 nitrogen and oxygen atoms in total. The molecule has 0 bridgehead atoms. The predicted molar refractivity (Wildman–Crippen MR) is 96.9 cm³/mol. The first-order valence-electron chi connectivity index (χ1n) is 9.36. The molecule has 2 fully saturated rings. The number of fused-ring (bicyclic) bond motifs is 1. The van der Waals surface area contributed by atoms with Crippen LogP contribution in [-0.4, -0.2) is 59.3 Å². The van der Waals surface area contributed by atoms with E-state index in [9.17, 15) is 14.4 Å². The molecule has 1 aromatic heterocycles. The van der Waals surface area contributed by atoms with Crippen molar-refractivity contribution in [3.63, 3.8) is 0 Å².